The third-order valence-electron chi connectivity index (χ3n) is 4.41. The Morgan fingerprint density at radius 1 is 1.30 bits per heavy atom. The summed E-state index contributed by atoms with van der Waals surface area (Å²) in [4.78, 5) is 28.8. The third kappa shape index (κ3) is 3.99. The molecule has 1 saturated carbocycles. The fourth-order valence-corrected chi connectivity index (χ4v) is 3.46. The highest BCUT2D eigenvalue weighted by Crippen LogP contribution is 2.22. The lowest BCUT2D eigenvalue weighted by Gasteiger charge is -2.21. The Kier molecular flexibility index (Phi) is 5.10. The molecule has 1 aliphatic rings. The number of nitrogens with one attached hydrogen (secondary N) is 1. The summed E-state index contributed by atoms with van der Waals surface area (Å²) < 4.78 is 2.19. The molecule has 5 nitrogen and oxygen atoms in total. The van der Waals surface area contributed by atoms with E-state index in [0.717, 1.165) is 4.47 Å². The number of hydrogen-bond acceptors (Lipinski definition) is 3. The van der Waals surface area contributed by atoms with Gasteiger partial charge in [0.25, 0.3) is 5.56 Å². The molecule has 1 aromatic heterocycles. The van der Waals surface area contributed by atoms with E-state index in [1.807, 2.05) is 6.07 Å². The van der Waals surface area contributed by atoms with Crippen LogP contribution in [0, 0.1) is 5.92 Å². The van der Waals surface area contributed by atoms with Gasteiger partial charge in [-0.1, -0.05) is 35.2 Å². The van der Waals surface area contributed by atoms with Crippen LogP contribution in [-0.2, 0) is 11.3 Å². The van der Waals surface area contributed by atoms with E-state index in [1.165, 1.54) is 43.0 Å². The maximum absolute atomic E-state index is 12.4. The molecule has 1 N–H and O–H groups in total. The van der Waals surface area contributed by atoms with Gasteiger partial charge in [-0.2, -0.15) is 0 Å². The third-order valence-corrected chi connectivity index (χ3v) is 4.91. The molecule has 3 rings (SSSR count). The zero-order chi connectivity index (χ0) is 16.2. The summed E-state index contributed by atoms with van der Waals surface area (Å²) in [5, 5.41) is 3.47. The molecule has 0 radical (unpaired) electrons. The predicted octanol–water partition coefficient (Wildman–Crippen LogP) is 2.86. The second-order valence-corrected chi connectivity index (χ2v) is 7.06. The smallest absolute Gasteiger partial charge is 0.261 e. The molecule has 0 bridgehead atoms. The normalized spacial score (nSPS) is 15.7. The van der Waals surface area contributed by atoms with Gasteiger partial charge in [0.05, 0.1) is 17.2 Å². The van der Waals surface area contributed by atoms with Gasteiger partial charge in [-0.3, -0.25) is 14.2 Å². The van der Waals surface area contributed by atoms with Crippen molar-refractivity contribution < 1.29 is 4.79 Å². The van der Waals surface area contributed by atoms with Crippen LogP contribution in [0.1, 0.15) is 32.1 Å². The summed E-state index contributed by atoms with van der Waals surface area (Å²) in [7, 11) is 0. The number of carbonyl (C=O) groups is 1. The first-order valence-electron chi connectivity index (χ1n) is 8.05. The standard InChI is InChI=1S/C17H20BrN3O2/c18-13-6-7-15-14(8-13)17(23)21(11-20-15)10-16(22)19-9-12-4-2-1-3-5-12/h6-8,11-12H,1-5,9-10H2,(H,19,22). The first-order valence-corrected chi connectivity index (χ1v) is 8.84. The van der Waals surface area contributed by atoms with Gasteiger partial charge in [0.15, 0.2) is 0 Å². The molecule has 6 heteroatoms. The number of nitrogens with zero attached hydrogens (tertiary/aromatic N) is 2. The van der Waals surface area contributed by atoms with E-state index in [9.17, 15) is 9.59 Å². The Morgan fingerprint density at radius 2 is 2.09 bits per heavy atom. The van der Waals surface area contributed by atoms with Gasteiger partial charge in [-0.05, 0) is 37.0 Å². The number of aromatic nitrogens is 2. The van der Waals surface area contributed by atoms with E-state index in [2.05, 4.69) is 26.2 Å². The highest BCUT2D eigenvalue weighted by atomic mass is 79.9. The predicted molar refractivity (Wildman–Crippen MR) is 93.3 cm³/mol. The highest BCUT2D eigenvalue weighted by molar-refractivity contribution is 9.10. The van der Waals surface area contributed by atoms with E-state index in [0.29, 0.717) is 23.4 Å². The van der Waals surface area contributed by atoms with E-state index < -0.39 is 0 Å². The molecule has 1 aromatic carbocycles. The molecule has 0 spiro atoms. The summed E-state index contributed by atoms with van der Waals surface area (Å²) in [6, 6.07) is 5.37. The average molecular weight is 378 g/mol. The van der Waals surface area contributed by atoms with Crippen molar-refractivity contribution in [2.75, 3.05) is 6.54 Å². The monoisotopic (exact) mass is 377 g/mol. The molecule has 122 valence electrons. The second kappa shape index (κ2) is 7.25. The number of carbonyl (C=O) groups excluding carboxylic acids is 1. The molecule has 0 atom stereocenters. The van der Waals surface area contributed by atoms with E-state index >= 15 is 0 Å². The van der Waals surface area contributed by atoms with Crippen molar-refractivity contribution in [3.8, 4) is 0 Å². The SMILES string of the molecule is O=C(Cn1cnc2ccc(Br)cc2c1=O)NCC1CCCCC1. The van der Waals surface area contributed by atoms with Crippen LogP contribution >= 0.6 is 15.9 Å². The minimum atomic E-state index is -0.191. The Bertz CT molecular complexity index is 766. The summed E-state index contributed by atoms with van der Waals surface area (Å²) in [5.41, 5.74) is 0.446. The van der Waals surface area contributed by atoms with Crippen molar-refractivity contribution in [3.63, 3.8) is 0 Å². The Morgan fingerprint density at radius 3 is 2.87 bits per heavy atom. The second-order valence-electron chi connectivity index (χ2n) is 6.15. The summed E-state index contributed by atoms with van der Waals surface area (Å²) in [6.07, 6.45) is 7.63. The van der Waals surface area contributed by atoms with Crippen LogP contribution in [0.5, 0.6) is 0 Å². The van der Waals surface area contributed by atoms with Crippen LogP contribution in [0.15, 0.2) is 33.8 Å². The molecule has 0 aliphatic heterocycles. The first kappa shape index (κ1) is 16.2. The summed E-state index contributed by atoms with van der Waals surface area (Å²) in [5.74, 6) is 0.448. The van der Waals surface area contributed by atoms with Crippen molar-refractivity contribution in [2.24, 2.45) is 5.92 Å². The molecule has 1 fully saturated rings. The number of hydrogen-bond donors (Lipinski definition) is 1. The lowest BCUT2D eigenvalue weighted by atomic mass is 9.89. The van der Waals surface area contributed by atoms with E-state index in [-0.39, 0.29) is 18.0 Å². The van der Waals surface area contributed by atoms with Gasteiger partial charge in [0.2, 0.25) is 5.91 Å². The molecule has 1 heterocycles. The molecule has 1 amide bonds. The van der Waals surface area contributed by atoms with Gasteiger partial charge in [0.1, 0.15) is 6.54 Å². The van der Waals surface area contributed by atoms with Crippen molar-refractivity contribution in [1.29, 1.82) is 0 Å². The van der Waals surface area contributed by atoms with Gasteiger partial charge >= 0.3 is 0 Å². The molecular formula is C17H20BrN3O2. The molecule has 0 unspecified atom stereocenters. The average Bonchev–Trinajstić information content (AvgIpc) is 2.57. The summed E-state index contributed by atoms with van der Waals surface area (Å²) in [6.45, 7) is 0.723. The van der Waals surface area contributed by atoms with Crippen molar-refractivity contribution >= 4 is 32.7 Å². The fourth-order valence-electron chi connectivity index (χ4n) is 3.10. The van der Waals surface area contributed by atoms with Crippen LogP contribution in [0.4, 0.5) is 0 Å². The summed E-state index contributed by atoms with van der Waals surface area (Å²) >= 11 is 3.36. The molecule has 1 aliphatic carbocycles. The van der Waals surface area contributed by atoms with Crippen LogP contribution < -0.4 is 10.9 Å². The zero-order valence-corrected chi connectivity index (χ0v) is 14.5. The van der Waals surface area contributed by atoms with Crippen LogP contribution in [0.25, 0.3) is 10.9 Å². The number of fused-ring (bicyclic) bond motifs is 1. The first-order chi connectivity index (χ1) is 11.1. The molecule has 2 aromatic rings. The molecule has 0 saturated heterocycles. The van der Waals surface area contributed by atoms with E-state index in [1.54, 1.807) is 12.1 Å². The molecule has 23 heavy (non-hydrogen) atoms. The fraction of sp³-hybridized carbons (Fsp3) is 0.471. The number of benzene rings is 1. The number of rotatable bonds is 4. The van der Waals surface area contributed by atoms with Crippen molar-refractivity contribution in [3.05, 3.63) is 39.4 Å². The van der Waals surface area contributed by atoms with Crippen LogP contribution in [-0.4, -0.2) is 22.0 Å². The van der Waals surface area contributed by atoms with Gasteiger partial charge in [-0.25, -0.2) is 4.98 Å². The van der Waals surface area contributed by atoms with Gasteiger partial charge < -0.3 is 5.32 Å². The minimum absolute atomic E-state index is 0.0149. The maximum atomic E-state index is 12.4. The zero-order valence-electron chi connectivity index (χ0n) is 12.9. The maximum Gasteiger partial charge on any atom is 0.261 e. The Balaban J connectivity index is 1.67. The van der Waals surface area contributed by atoms with Crippen molar-refractivity contribution in [1.82, 2.24) is 14.9 Å². The lowest BCUT2D eigenvalue weighted by molar-refractivity contribution is -0.121. The van der Waals surface area contributed by atoms with Crippen molar-refractivity contribution in [2.45, 2.75) is 38.6 Å². The Hall–Kier alpha value is -1.69. The topological polar surface area (TPSA) is 64.0 Å². The Labute approximate surface area is 143 Å². The van der Waals surface area contributed by atoms with Crippen LogP contribution in [0.3, 0.4) is 0 Å². The largest absolute Gasteiger partial charge is 0.354 e. The van der Waals surface area contributed by atoms with Gasteiger partial charge in [0, 0.05) is 11.0 Å². The highest BCUT2D eigenvalue weighted by Gasteiger charge is 2.15. The minimum Gasteiger partial charge on any atom is -0.354 e. The number of amides is 1. The van der Waals surface area contributed by atoms with Crippen LogP contribution in [0.2, 0.25) is 0 Å². The quantitative estimate of drug-likeness (QED) is 0.890. The molecular weight excluding hydrogens is 358 g/mol. The van der Waals surface area contributed by atoms with E-state index in [4.69, 9.17) is 0 Å². The lowest BCUT2D eigenvalue weighted by Crippen LogP contribution is -2.35. The van der Waals surface area contributed by atoms with Gasteiger partial charge in [-0.15, -0.1) is 0 Å². The number of halogens is 1.